The van der Waals surface area contributed by atoms with Gasteiger partial charge in [0.15, 0.2) is 0 Å². The van der Waals surface area contributed by atoms with Crippen LogP contribution in [-0.4, -0.2) is 19.6 Å². The van der Waals surface area contributed by atoms with E-state index in [-0.39, 0.29) is 6.61 Å². The van der Waals surface area contributed by atoms with Crippen LogP contribution in [-0.2, 0) is 6.61 Å². The van der Waals surface area contributed by atoms with Crippen molar-refractivity contribution in [2.45, 2.75) is 34.3 Å². The number of hydrogen-bond acceptors (Lipinski definition) is 3. The molecule has 0 fully saturated rings. The maximum Gasteiger partial charge on any atom is 0.144 e. The monoisotopic (exact) mass is 231 g/mol. The maximum atomic E-state index is 9.48. The minimum Gasteiger partial charge on any atom is -0.392 e. The average Bonchev–Trinajstić information content (AvgIpc) is 2.59. The van der Waals surface area contributed by atoms with E-state index in [0.717, 1.165) is 34.0 Å². The number of imidazole rings is 1. The van der Waals surface area contributed by atoms with Crippen molar-refractivity contribution in [1.82, 2.24) is 14.5 Å². The second-order valence-electron chi connectivity index (χ2n) is 4.33. The van der Waals surface area contributed by atoms with E-state index in [1.54, 1.807) is 6.33 Å². The van der Waals surface area contributed by atoms with Crippen molar-refractivity contribution in [2.75, 3.05) is 0 Å². The van der Waals surface area contributed by atoms with Gasteiger partial charge in [-0.3, -0.25) is 4.57 Å². The van der Waals surface area contributed by atoms with Crippen LogP contribution in [0.1, 0.15) is 28.2 Å². The molecule has 0 bridgehead atoms. The highest BCUT2D eigenvalue weighted by molar-refractivity contribution is 5.42. The number of aromatic nitrogens is 3. The van der Waals surface area contributed by atoms with Gasteiger partial charge in [-0.15, -0.1) is 0 Å². The van der Waals surface area contributed by atoms with Gasteiger partial charge in [-0.05, 0) is 39.3 Å². The van der Waals surface area contributed by atoms with Gasteiger partial charge >= 0.3 is 0 Å². The van der Waals surface area contributed by atoms with Crippen LogP contribution in [0.15, 0.2) is 12.4 Å². The molecule has 2 aromatic rings. The predicted octanol–water partition coefficient (Wildman–Crippen LogP) is 1.99. The van der Waals surface area contributed by atoms with Gasteiger partial charge in [-0.2, -0.15) is 0 Å². The molecule has 17 heavy (non-hydrogen) atoms. The molecule has 2 rings (SSSR count). The Morgan fingerprint density at radius 3 is 2.47 bits per heavy atom. The topological polar surface area (TPSA) is 50.9 Å². The standard InChI is InChI=1S/C13H17N3O/c1-8-5-9(2)15-13(12(8)6-17)16-7-14-10(3)11(16)4/h5,7,17H,6H2,1-4H3. The van der Waals surface area contributed by atoms with Crippen LogP contribution in [0.25, 0.3) is 5.82 Å². The third-order valence-electron chi connectivity index (χ3n) is 3.09. The van der Waals surface area contributed by atoms with Crippen molar-refractivity contribution in [3.05, 3.63) is 40.6 Å². The third kappa shape index (κ3) is 1.96. The van der Waals surface area contributed by atoms with Gasteiger partial charge in [-0.25, -0.2) is 9.97 Å². The van der Waals surface area contributed by atoms with Gasteiger partial charge in [0.05, 0.1) is 12.3 Å². The lowest BCUT2D eigenvalue weighted by Gasteiger charge is -2.13. The minimum atomic E-state index is -0.00882. The van der Waals surface area contributed by atoms with Crippen LogP contribution in [0.4, 0.5) is 0 Å². The molecule has 0 aliphatic carbocycles. The Hall–Kier alpha value is -1.68. The Morgan fingerprint density at radius 2 is 1.94 bits per heavy atom. The van der Waals surface area contributed by atoms with E-state index >= 15 is 0 Å². The highest BCUT2D eigenvalue weighted by atomic mass is 16.3. The fourth-order valence-corrected chi connectivity index (χ4v) is 1.95. The molecule has 2 heterocycles. The van der Waals surface area contributed by atoms with E-state index in [2.05, 4.69) is 9.97 Å². The van der Waals surface area contributed by atoms with Gasteiger partial charge in [0.1, 0.15) is 12.1 Å². The molecule has 2 aromatic heterocycles. The largest absolute Gasteiger partial charge is 0.392 e. The van der Waals surface area contributed by atoms with Gasteiger partial charge in [0.2, 0.25) is 0 Å². The normalized spacial score (nSPS) is 10.9. The van der Waals surface area contributed by atoms with Gasteiger partial charge in [0.25, 0.3) is 0 Å². The Morgan fingerprint density at radius 1 is 1.24 bits per heavy atom. The van der Waals surface area contributed by atoms with Crippen LogP contribution in [0.5, 0.6) is 0 Å². The quantitative estimate of drug-likeness (QED) is 0.860. The predicted molar refractivity (Wildman–Crippen MR) is 66.2 cm³/mol. The van der Waals surface area contributed by atoms with Crippen LogP contribution in [0.3, 0.4) is 0 Å². The Bertz CT molecular complexity index is 558. The van der Waals surface area contributed by atoms with Gasteiger partial charge in [-0.1, -0.05) is 0 Å². The lowest BCUT2D eigenvalue weighted by molar-refractivity contribution is 0.280. The first-order chi connectivity index (χ1) is 8.04. The van der Waals surface area contributed by atoms with Crippen molar-refractivity contribution in [2.24, 2.45) is 0 Å². The molecule has 4 heteroatoms. The average molecular weight is 231 g/mol. The van der Waals surface area contributed by atoms with Gasteiger partial charge < -0.3 is 5.11 Å². The summed E-state index contributed by atoms with van der Waals surface area (Å²) in [5.74, 6) is 0.781. The molecule has 0 aromatic carbocycles. The summed E-state index contributed by atoms with van der Waals surface area (Å²) in [6.07, 6.45) is 1.76. The second-order valence-corrected chi connectivity index (χ2v) is 4.33. The van der Waals surface area contributed by atoms with Crippen LogP contribution < -0.4 is 0 Å². The zero-order valence-corrected chi connectivity index (χ0v) is 10.7. The van der Waals surface area contributed by atoms with Crippen LogP contribution in [0.2, 0.25) is 0 Å². The Kier molecular flexibility index (Phi) is 2.98. The van der Waals surface area contributed by atoms with Crippen molar-refractivity contribution >= 4 is 0 Å². The van der Waals surface area contributed by atoms with E-state index in [1.165, 1.54) is 0 Å². The molecule has 4 nitrogen and oxygen atoms in total. The molecule has 0 atom stereocenters. The first-order valence-electron chi connectivity index (χ1n) is 5.63. The number of aryl methyl sites for hydroxylation is 3. The van der Waals surface area contributed by atoms with Crippen molar-refractivity contribution in [1.29, 1.82) is 0 Å². The first kappa shape index (κ1) is 11.8. The summed E-state index contributed by atoms with van der Waals surface area (Å²) >= 11 is 0. The lowest BCUT2D eigenvalue weighted by Crippen LogP contribution is -2.07. The Balaban J connectivity index is 2.70. The summed E-state index contributed by atoms with van der Waals surface area (Å²) in [5, 5.41) is 9.48. The van der Waals surface area contributed by atoms with Gasteiger partial charge in [0, 0.05) is 17.0 Å². The lowest BCUT2D eigenvalue weighted by atomic mass is 10.1. The maximum absolute atomic E-state index is 9.48. The second kappa shape index (κ2) is 4.30. The number of aliphatic hydroxyl groups excluding tert-OH is 1. The highest BCUT2D eigenvalue weighted by Gasteiger charge is 2.12. The molecule has 0 aliphatic rings. The van der Waals surface area contributed by atoms with Crippen LogP contribution >= 0.6 is 0 Å². The number of aliphatic hydroxyl groups is 1. The third-order valence-corrected chi connectivity index (χ3v) is 3.09. The first-order valence-corrected chi connectivity index (χ1v) is 5.63. The summed E-state index contributed by atoms with van der Waals surface area (Å²) < 4.78 is 1.93. The molecule has 0 unspecified atom stereocenters. The molecule has 0 saturated carbocycles. The molecule has 0 aliphatic heterocycles. The van der Waals surface area contributed by atoms with E-state index in [9.17, 15) is 5.11 Å². The summed E-state index contributed by atoms with van der Waals surface area (Å²) in [5.41, 5.74) is 4.89. The van der Waals surface area contributed by atoms with Crippen molar-refractivity contribution in [3.63, 3.8) is 0 Å². The van der Waals surface area contributed by atoms with Crippen molar-refractivity contribution in [3.8, 4) is 5.82 Å². The summed E-state index contributed by atoms with van der Waals surface area (Å²) in [7, 11) is 0. The van der Waals surface area contributed by atoms with E-state index < -0.39 is 0 Å². The molecular weight excluding hydrogens is 214 g/mol. The number of pyridine rings is 1. The molecular formula is C13H17N3O. The Labute approximate surface area is 101 Å². The number of rotatable bonds is 2. The molecule has 0 saturated heterocycles. The smallest absolute Gasteiger partial charge is 0.144 e. The minimum absolute atomic E-state index is 0.00882. The molecule has 90 valence electrons. The van der Waals surface area contributed by atoms with E-state index in [4.69, 9.17) is 0 Å². The zero-order chi connectivity index (χ0) is 12.6. The van der Waals surface area contributed by atoms with E-state index in [1.807, 2.05) is 38.3 Å². The summed E-state index contributed by atoms with van der Waals surface area (Å²) in [4.78, 5) is 8.78. The number of hydrogen-bond donors (Lipinski definition) is 1. The van der Waals surface area contributed by atoms with Crippen LogP contribution in [0, 0.1) is 27.7 Å². The fourth-order valence-electron chi connectivity index (χ4n) is 1.95. The highest BCUT2D eigenvalue weighted by Crippen LogP contribution is 2.20. The summed E-state index contributed by atoms with van der Waals surface area (Å²) in [6, 6.07) is 1.98. The molecule has 0 spiro atoms. The van der Waals surface area contributed by atoms with Crippen molar-refractivity contribution < 1.29 is 5.11 Å². The number of nitrogens with zero attached hydrogens (tertiary/aromatic N) is 3. The molecule has 0 amide bonds. The fraction of sp³-hybridized carbons (Fsp3) is 0.385. The summed E-state index contributed by atoms with van der Waals surface area (Å²) in [6.45, 7) is 7.90. The zero-order valence-electron chi connectivity index (χ0n) is 10.7. The SMILES string of the molecule is Cc1cc(C)c(CO)c(-n2cnc(C)c2C)n1. The molecule has 1 N–H and O–H groups in total. The molecule has 0 radical (unpaired) electrons. The van der Waals surface area contributed by atoms with E-state index in [0.29, 0.717) is 0 Å².